The van der Waals surface area contributed by atoms with Gasteiger partial charge in [0.25, 0.3) is 11.5 Å². The second-order valence-corrected chi connectivity index (χ2v) is 8.64. The average Bonchev–Trinajstić information content (AvgIpc) is 3.15. The first-order chi connectivity index (χ1) is 16.8. The van der Waals surface area contributed by atoms with Gasteiger partial charge in [0.15, 0.2) is 5.69 Å². The molecule has 182 valence electrons. The SMILES string of the molecule is CCN(CC)C(=O)c1nn(CC(=O)N(CC)c2cccc(Cl)c2)c(=O)c2c1c1ccccc1n2C. The van der Waals surface area contributed by atoms with E-state index in [-0.39, 0.29) is 24.1 Å². The summed E-state index contributed by atoms with van der Waals surface area (Å²) in [6.45, 7) is 6.71. The molecular weight excluding hydrogens is 466 g/mol. The lowest BCUT2D eigenvalue weighted by Crippen LogP contribution is -2.39. The molecule has 0 N–H and O–H groups in total. The van der Waals surface area contributed by atoms with Gasteiger partial charge >= 0.3 is 0 Å². The highest BCUT2D eigenvalue weighted by atomic mass is 35.5. The monoisotopic (exact) mass is 493 g/mol. The van der Waals surface area contributed by atoms with Gasteiger partial charge in [-0.25, -0.2) is 4.68 Å². The van der Waals surface area contributed by atoms with E-state index >= 15 is 0 Å². The maximum Gasteiger partial charge on any atom is 0.291 e. The third kappa shape index (κ3) is 4.30. The highest BCUT2D eigenvalue weighted by Gasteiger charge is 2.26. The summed E-state index contributed by atoms with van der Waals surface area (Å²) in [6, 6.07) is 14.5. The molecule has 0 aliphatic carbocycles. The molecule has 0 bridgehead atoms. The zero-order chi connectivity index (χ0) is 25.3. The van der Waals surface area contributed by atoms with Crippen LogP contribution in [-0.2, 0) is 18.4 Å². The molecule has 2 amide bonds. The molecule has 0 fully saturated rings. The predicted molar refractivity (Wildman–Crippen MR) is 139 cm³/mol. The van der Waals surface area contributed by atoms with Gasteiger partial charge in [-0.15, -0.1) is 0 Å². The van der Waals surface area contributed by atoms with E-state index in [2.05, 4.69) is 5.10 Å². The summed E-state index contributed by atoms with van der Waals surface area (Å²) in [5.74, 6) is -0.608. The molecule has 0 spiro atoms. The fourth-order valence-corrected chi connectivity index (χ4v) is 4.68. The van der Waals surface area contributed by atoms with Crippen LogP contribution in [-0.4, -0.2) is 50.7 Å². The fraction of sp³-hybridized carbons (Fsp3) is 0.308. The van der Waals surface area contributed by atoms with Crippen molar-refractivity contribution in [1.82, 2.24) is 19.2 Å². The number of amides is 2. The molecule has 9 heteroatoms. The number of hydrogen-bond donors (Lipinski definition) is 0. The summed E-state index contributed by atoms with van der Waals surface area (Å²) < 4.78 is 2.87. The fourth-order valence-electron chi connectivity index (χ4n) is 4.50. The highest BCUT2D eigenvalue weighted by Crippen LogP contribution is 2.28. The summed E-state index contributed by atoms with van der Waals surface area (Å²) in [5, 5.41) is 6.27. The van der Waals surface area contributed by atoms with Crippen molar-refractivity contribution in [3.8, 4) is 0 Å². The summed E-state index contributed by atoms with van der Waals surface area (Å²) in [7, 11) is 1.79. The van der Waals surface area contributed by atoms with Crippen LogP contribution in [0.2, 0.25) is 5.02 Å². The minimum Gasteiger partial charge on any atom is -0.339 e. The number of halogens is 1. The van der Waals surface area contributed by atoms with E-state index < -0.39 is 5.56 Å². The highest BCUT2D eigenvalue weighted by molar-refractivity contribution is 6.31. The molecule has 0 unspecified atom stereocenters. The van der Waals surface area contributed by atoms with Crippen LogP contribution in [0.4, 0.5) is 5.69 Å². The third-order valence-electron chi connectivity index (χ3n) is 6.28. The summed E-state index contributed by atoms with van der Waals surface area (Å²) in [5.41, 5.74) is 1.52. The molecule has 0 saturated heterocycles. The van der Waals surface area contributed by atoms with E-state index in [1.54, 1.807) is 40.8 Å². The van der Waals surface area contributed by atoms with Crippen LogP contribution < -0.4 is 10.5 Å². The molecular formula is C26H28ClN5O3. The largest absolute Gasteiger partial charge is 0.339 e. The number of rotatable bonds is 7. The maximum absolute atomic E-state index is 13.6. The zero-order valence-electron chi connectivity index (χ0n) is 20.3. The Bertz CT molecular complexity index is 1490. The molecule has 0 radical (unpaired) electrons. The normalized spacial score (nSPS) is 11.2. The van der Waals surface area contributed by atoms with Crippen LogP contribution in [0.3, 0.4) is 0 Å². The molecule has 4 rings (SSSR count). The van der Waals surface area contributed by atoms with Crippen LogP contribution in [0.25, 0.3) is 21.8 Å². The van der Waals surface area contributed by atoms with Crippen molar-refractivity contribution in [2.75, 3.05) is 24.5 Å². The Morgan fingerprint density at radius 2 is 1.71 bits per heavy atom. The first-order valence-corrected chi connectivity index (χ1v) is 12.0. The lowest BCUT2D eigenvalue weighted by molar-refractivity contribution is -0.119. The van der Waals surface area contributed by atoms with Crippen LogP contribution in [0, 0.1) is 0 Å². The Hall–Kier alpha value is -3.65. The van der Waals surface area contributed by atoms with Gasteiger partial charge in [-0.05, 0) is 45.0 Å². The second kappa shape index (κ2) is 9.92. The number of likely N-dealkylation sites (N-methyl/N-ethyl adjacent to an activating group) is 1. The molecule has 0 atom stereocenters. The number of hydrogen-bond acceptors (Lipinski definition) is 4. The van der Waals surface area contributed by atoms with Crippen molar-refractivity contribution in [1.29, 1.82) is 0 Å². The van der Waals surface area contributed by atoms with Crippen molar-refractivity contribution >= 4 is 50.9 Å². The van der Waals surface area contributed by atoms with E-state index in [1.807, 2.05) is 45.0 Å². The third-order valence-corrected chi connectivity index (χ3v) is 6.51. The lowest BCUT2D eigenvalue weighted by atomic mass is 10.1. The minimum absolute atomic E-state index is 0.165. The molecule has 2 heterocycles. The van der Waals surface area contributed by atoms with E-state index in [1.165, 1.54) is 4.90 Å². The summed E-state index contributed by atoms with van der Waals surface area (Å²) >= 11 is 6.12. The van der Waals surface area contributed by atoms with Gasteiger partial charge in [-0.2, -0.15) is 5.10 Å². The molecule has 2 aromatic carbocycles. The van der Waals surface area contributed by atoms with Crippen LogP contribution >= 0.6 is 11.6 Å². The minimum atomic E-state index is -0.426. The molecule has 4 aromatic rings. The Balaban J connectivity index is 1.90. The molecule has 2 aromatic heterocycles. The standard InChI is InChI=1S/C26H28ClN5O3/c1-5-30(6-2)25(34)23-22-19-13-8-9-14-20(19)29(4)24(22)26(35)32(28-23)16-21(33)31(7-3)18-12-10-11-17(27)15-18/h8-15H,5-7,16H2,1-4H3. The quantitative estimate of drug-likeness (QED) is 0.388. The Morgan fingerprint density at radius 1 is 1.00 bits per heavy atom. The molecule has 35 heavy (non-hydrogen) atoms. The van der Waals surface area contributed by atoms with Crippen LogP contribution in [0.1, 0.15) is 31.3 Å². The number of aryl methyl sites for hydroxylation is 1. The molecule has 0 saturated carbocycles. The van der Waals surface area contributed by atoms with Crippen molar-refractivity contribution in [3.05, 3.63) is 69.6 Å². The number of benzene rings is 2. The smallest absolute Gasteiger partial charge is 0.291 e. The van der Waals surface area contributed by atoms with Crippen LogP contribution in [0.5, 0.6) is 0 Å². The zero-order valence-corrected chi connectivity index (χ0v) is 21.0. The average molecular weight is 494 g/mol. The number of fused-ring (bicyclic) bond motifs is 3. The Morgan fingerprint density at radius 3 is 2.37 bits per heavy atom. The van der Waals surface area contributed by atoms with Gasteiger partial charge in [0, 0.05) is 53.7 Å². The first-order valence-electron chi connectivity index (χ1n) is 11.7. The summed E-state index contributed by atoms with van der Waals surface area (Å²) in [6.07, 6.45) is 0. The van der Waals surface area contributed by atoms with Gasteiger partial charge in [0.1, 0.15) is 12.1 Å². The van der Waals surface area contributed by atoms with Crippen molar-refractivity contribution in [2.24, 2.45) is 7.05 Å². The second-order valence-electron chi connectivity index (χ2n) is 8.21. The number of para-hydroxylation sites is 1. The van der Waals surface area contributed by atoms with Gasteiger partial charge < -0.3 is 14.4 Å². The Labute approximate surface area is 208 Å². The Kier molecular flexibility index (Phi) is 6.93. The van der Waals surface area contributed by atoms with E-state index in [4.69, 9.17) is 11.6 Å². The molecule has 0 aliphatic heterocycles. The first kappa shape index (κ1) is 24.5. The van der Waals surface area contributed by atoms with Crippen molar-refractivity contribution < 1.29 is 9.59 Å². The number of carbonyl (C=O) groups excluding carboxylic acids is 2. The number of anilines is 1. The van der Waals surface area contributed by atoms with Gasteiger partial charge in [-0.3, -0.25) is 14.4 Å². The lowest BCUT2D eigenvalue weighted by Gasteiger charge is -2.22. The van der Waals surface area contributed by atoms with Gasteiger partial charge in [0.2, 0.25) is 5.91 Å². The van der Waals surface area contributed by atoms with Gasteiger partial charge in [-0.1, -0.05) is 35.9 Å². The van der Waals surface area contributed by atoms with Gasteiger partial charge in [0.05, 0.1) is 0 Å². The van der Waals surface area contributed by atoms with E-state index in [0.717, 1.165) is 15.6 Å². The number of nitrogens with zero attached hydrogens (tertiary/aromatic N) is 5. The van der Waals surface area contributed by atoms with Crippen molar-refractivity contribution in [3.63, 3.8) is 0 Å². The van der Waals surface area contributed by atoms with E-state index in [0.29, 0.717) is 41.2 Å². The number of aromatic nitrogens is 3. The molecule has 0 aliphatic rings. The number of carbonyl (C=O) groups is 2. The molecule has 8 nitrogen and oxygen atoms in total. The summed E-state index contributed by atoms with van der Waals surface area (Å²) in [4.78, 5) is 43.6. The predicted octanol–water partition coefficient (Wildman–Crippen LogP) is 4.08. The van der Waals surface area contributed by atoms with Crippen molar-refractivity contribution in [2.45, 2.75) is 27.3 Å². The maximum atomic E-state index is 13.6. The van der Waals surface area contributed by atoms with Crippen LogP contribution in [0.15, 0.2) is 53.3 Å². The topological polar surface area (TPSA) is 80.4 Å². The van der Waals surface area contributed by atoms with E-state index in [9.17, 15) is 14.4 Å².